The van der Waals surface area contributed by atoms with Gasteiger partial charge < -0.3 is 20.4 Å². The summed E-state index contributed by atoms with van der Waals surface area (Å²) >= 11 is 0. The lowest BCUT2D eigenvalue weighted by molar-refractivity contribution is -0.132. The SMILES string of the molecule is O=C(O)C=CC(=C(C(=O)O)c1ccc(F)cc1C(=O)O)c1ccc(F)cc1C(=O)O. The number of carboxylic acids is 4. The van der Waals surface area contributed by atoms with E-state index in [2.05, 4.69) is 0 Å². The highest BCUT2D eigenvalue weighted by Gasteiger charge is 2.25. The predicted molar refractivity (Wildman–Crippen MR) is 97.9 cm³/mol. The van der Waals surface area contributed by atoms with E-state index in [0.717, 1.165) is 30.3 Å². The molecule has 2 aromatic carbocycles. The van der Waals surface area contributed by atoms with Crippen LogP contribution >= 0.6 is 0 Å². The van der Waals surface area contributed by atoms with Gasteiger partial charge in [-0.3, -0.25) is 0 Å². The van der Waals surface area contributed by atoms with Gasteiger partial charge in [0.1, 0.15) is 11.6 Å². The molecule has 2 aromatic rings. The molecule has 0 spiro atoms. The molecule has 0 atom stereocenters. The molecule has 0 aliphatic carbocycles. The molecule has 4 N–H and O–H groups in total. The number of halogens is 2. The third-order valence-electron chi connectivity index (χ3n) is 3.86. The van der Waals surface area contributed by atoms with Crippen molar-refractivity contribution in [1.82, 2.24) is 0 Å². The highest BCUT2D eigenvalue weighted by molar-refractivity contribution is 6.27. The van der Waals surface area contributed by atoms with Crippen LogP contribution in [0.15, 0.2) is 48.6 Å². The van der Waals surface area contributed by atoms with Gasteiger partial charge in [-0.1, -0.05) is 12.1 Å². The van der Waals surface area contributed by atoms with Gasteiger partial charge in [-0.15, -0.1) is 0 Å². The number of allylic oxidation sites excluding steroid dienone is 2. The van der Waals surface area contributed by atoms with Crippen LogP contribution in [0.1, 0.15) is 31.8 Å². The summed E-state index contributed by atoms with van der Waals surface area (Å²) in [6.45, 7) is 0. The summed E-state index contributed by atoms with van der Waals surface area (Å²) in [5.74, 6) is -8.53. The molecule has 0 aromatic heterocycles. The van der Waals surface area contributed by atoms with Gasteiger partial charge in [0, 0.05) is 11.6 Å². The fraction of sp³-hybridized carbons (Fsp3) is 0. The Morgan fingerprint density at radius 1 is 0.667 bits per heavy atom. The minimum Gasteiger partial charge on any atom is -0.478 e. The minimum absolute atomic E-state index is 0.389. The third-order valence-corrected chi connectivity index (χ3v) is 3.86. The van der Waals surface area contributed by atoms with E-state index in [9.17, 15) is 43.3 Å². The van der Waals surface area contributed by atoms with Crippen LogP contribution in [0.3, 0.4) is 0 Å². The lowest BCUT2D eigenvalue weighted by atomic mass is 9.89. The molecule has 2 rings (SSSR count). The van der Waals surface area contributed by atoms with Gasteiger partial charge in [-0.25, -0.2) is 28.0 Å². The third kappa shape index (κ3) is 4.73. The normalized spacial score (nSPS) is 11.8. The van der Waals surface area contributed by atoms with Crippen LogP contribution in [0.4, 0.5) is 8.78 Å². The lowest BCUT2D eigenvalue weighted by Gasteiger charge is -2.14. The van der Waals surface area contributed by atoms with E-state index >= 15 is 0 Å². The molecule has 0 radical (unpaired) electrons. The van der Waals surface area contributed by atoms with E-state index < -0.39 is 63.3 Å². The van der Waals surface area contributed by atoms with Crippen molar-refractivity contribution in [2.45, 2.75) is 0 Å². The molecule has 0 amide bonds. The number of aromatic carboxylic acids is 2. The maximum Gasteiger partial charge on any atom is 0.336 e. The maximum absolute atomic E-state index is 13.6. The maximum atomic E-state index is 13.6. The van der Waals surface area contributed by atoms with Crippen molar-refractivity contribution in [3.8, 4) is 0 Å². The Kier molecular flexibility index (Phi) is 6.42. The molecule has 0 bridgehead atoms. The molecular weight excluding hydrogens is 406 g/mol. The van der Waals surface area contributed by atoms with Gasteiger partial charge in [-0.05, 0) is 41.5 Å². The average molecular weight is 418 g/mol. The Bertz CT molecular complexity index is 1130. The molecule has 154 valence electrons. The smallest absolute Gasteiger partial charge is 0.336 e. The highest BCUT2D eigenvalue weighted by Crippen LogP contribution is 2.33. The zero-order valence-corrected chi connectivity index (χ0v) is 14.8. The molecule has 0 saturated carbocycles. The number of carboxylic acid groups (broad SMARTS) is 4. The van der Waals surface area contributed by atoms with E-state index in [4.69, 9.17) is 5.11 Å². The Labute approximate surface area is 166 Å². The summed E-state index contributed by atoms with van der Waals surface area (Å²) in [5, 5.41) is 37.4. The fourth-order valence-electron chi connectivity index (χ4n) is 2.68. The molecule has 0 heterocycles. The first-order valence-corrected chi connectivity index (χ1v) is 7.98. The summed E-state index contributed by atoms with van der Waals surface area (Å²) in [5.41, 5.74) is -3.71. The quantitative estimate of drug-likeness (QED) is 0.305. The number of hydrogen-bond donors (Lipinski definition) is 4. The number of benzene rings is 2. The highest BCUT2D eigenvalue weighted by atomic mass is 19.1. The van der Waals surface area contributed by atoms with Crippen LogP contribution in [-0.4, -0.2) is 44.3 Å². The van der Waals surface area contributed by atoms with Gasteiger partial charge in [0.15, 0.2) is 0 Å². The van der Waals surface area contributed by atoms with Crippen molar-refractivity contribution in [1.29, 1.82) is 0 Å². The summed E-state index contributed by atoms with van der Waals surface area (Å²) in [6, 6.07) is 4.51. The topological polar surface area (TPSA) is 149 Å². The van der Waals surface area contributed by atoms with Crippen molar-refractivity contribution < 1.29 is 48.4 Å². The lowest BCUT2D eigenvalue weighted by Crippen LogP contribution is -2.11. The second kappa shape index (κ2) is 8.78. The predicted octanol–water partition coefficient (Wildman–Crippen LogP) is 3.00. The van der Waals surface area contributed by atoms with E-state index in [1.165, 1.54) is 0 Å². The first kappa shape index (κ1) is 22.0. The number of aliphatic carboxylic acids is 2. The standard InChI is InChI=1S/C20H12F2O8/c21-9-1-3-11(14(7-9)18(25)26)12(5-6-16(23)24)17(20(29)30)13-4-2-10(22)8-15(13)19(27)28/h1-8H,(H,23,24)(H,25,26)(H,27,28)(H,29,30). The van der Waals surface area contributed by atoms with Gasteiger partial charge >= 0.3 is 23.9 Å². The largest absolute Gasteiger partial charge is 0.478 e. The van der Waals surface area contributed by atoms with E-state index in [-0.39, 0.29) is 5.56 Å². The Morgan fingerprint density at radius 2 is 1.13 bits per heavy atom. The molecule has 0 aliphatic rings. The van der Waals surface area contributed by atoms with Crippen molar-refractivity contribution in [2.75, 3.05) is 0 Å². The van der Waals surface area contributed by atoms with E-state index in [0.29, 0.717) is 18.2 Å². The van der Waals surface area contributed by atoms with Crippen LogP contribution < -0.4 is 0 Å². The van der Waals surface area contributed by atoms with Crippen molar-refractivity contribution in [3.05, 3.63) is 82.4 Å². The molecular formula is C20H12F2O8. The Balaban J connectivity index is 3.04. The van der Waals surface area contributed by atoms with E-state index in [1.54, 1.807) is 0 Å². The average Bonchev–Trinajstić information content (AvgIpc) is 2.65. The van der Waals surface area contributed by atoms with Crippen LogP contribution in [0, 0.1) is 11.6 Å². The molecule has 0 saturated heterocycles. The number of hydrogen-bond acceptors (Lipinski definition) is 4. The van der Waals surface area contributed by atoms with Crippen molar-refractivity contribution in [3.63, 3.8) is 0 Å². The molecule has 10 heteroatoms. The zero-order valence-electron chi connectivity index (χ0n) is 14.8. The summed E-state index contributed by atoms with van der Waals surface area (Å²) in [7, 11) is 0. The molecule has 0 unspecified atom stereocenters. The molecule has 8 nitrogen and oxygen atoms in total. The Morgan fingerprint density at radius 3 is 1.57 bits per heavy atom. The molecule has 0 aliphatic heterocycles. The zero-order chi connectivity index (χ0) is 22.6. The van der Waals surface area contributed by atoms with Gasteiger partial charge in [0.2, 0.25) is 0 Å². The summed E-state index contributed by atoms with van der Waals surface area (Å²) < 4.78 is 27.1. The fourth-order valence-corrected chi connectivity index (χ4v) is 2.68. The first-order valence-electron chi connectivity index (χ1n) is 7.98. The van der Waals surface area contributed by atoms with Crippen LogP contribution in [0.25, 0.3) is 11.1 Å². The second-order valence-corrected chi connectivity index (χ2v) is 5.76. The second-order valence-electron chi connectivity index (χ2n) is 5.76. The first-order chi connectivity index (χ1) is 14.0. The molecule has 30 heavy (non-hydrogen) atoms. The Hall–Kier alpha value is -4.34. The monoisotopic (exact) mass is 418 g/mol. The van der Waals surface area contributed by atoms with Crippen LogP contribution in [0.5, 0.6) is 0 Å². The van der Waals surface area contributed by atoms with Crippen molar-refractivity contribution in [2.24, 2.45) is 0 Å². The summed E-state index contributed by atoms with van der Waals surface area (Å²) in [4.78, 5) is 46.1. The van der Waals surface area contributed by atoms with Gasteiger partial charge in [0.05, 0.1) is 16.7 Å². The number of carbonyl (C=O) groups is 4. The number of rotatable bonds is 7. The van der Waals surface area contributed by atoms with Crippen LogP contribution in [-0.2, 0) is 9.59 Å². The van der Waals surface area contributed by atoms with Crippen LogP contribution in [0.2, 0.25) is 0 Å². The summed E-state index contributed by atoms with van der Waals surface area (Å²) in [6.07, 6.45) is 1.23. The molecule has 0 fully saturated rings. The van der Waals surface area contributed by atoms with Gasteiger partial charge in [0.25, 0.3) is 0 Å². The van der Waals surface area contributed by atoms with E-state index in [1.807, 2.05) is 0 Å². The van der Waals surface area contributed by atoms with Crippen molar-refractivity contribution >= 4 is 35.0 Å². The van der Waals surface area contributed by atoms with Gasteiger partial charge in [-0.2, -0.15) is 0 Å². The minimum atomic E-state index is -1.75.